The quantitative estimate of drug-likeness (QED) is 0.645. The van der Waals surface area contributed by atoms with Crippen molar-refractivity contribution in [3.05, 3.63) is 52.6 Å². The van der Waals surface area contributed by atoms with Gasteiger partial charge in [0.25, 0.3) is 5.91 Å². The fraction of sp³-hybridized carbons (Fsp3) is 0.333. The number of amides is 2. The van der Waals surface area contributed by atoms with E-state index in [1.54, 1.807) is 12.1 Å². The van der Waals surface area contributed by atoms with Crippen LogP contribution < -0.4 is 10.6 Å². The molecule has 2 aromatic rings. The predicted octanol–water partition coefficient (Wildman–Crippen LogP) is 3.16. The molecular formula is C24H27N3O4. The lowest BCUT2D eigenvalue weighted by molar-refractivity contribution is -0.116. The Morgan fingerprint density at radius 3 is 2.61 bits per heavy atom. The molecule has 2 aliphatic heterocycles. The molecule has 1 fully saturated rings. The molecule has 2 amide bonds. The molecule has 2 aliphatic rings. The van der Waals surface area contributed by atoms with Crippen molar-refractivity contribution < 1.29 is 19.4 Å². The van der Waals surface area contributed by atoms with Gasteiger partial charge in [0.1, 0.15) is 5.75 Å². The second-order valence-electron chi connectivity index (χ2n) is 8.03. The highest BCUT2D eigenvalue weighted by atomic mass is 16.5. The van der Waals surface area contributed by atoms with Crippen molar-refractivity contribution in [2.24, 2.45) is 0 Å². The molecule has 1 saturated heterocycles. The molecule has 0 aliphatic carbocycles. The van der Waals surface area contributed by atoms with Crippen molar-refractivity contribution >= 4 is 34.8 Å². The van der Waals surface area contributed by atoms with Crippen LogP contribution in [-0.4, -0.2) is 54.7 Å². The maximum atomic E-state index is 12.6. The second-order valence-corrected chi connectivity index (χ2v) is 8.03. The Labute approximate surface area is 181 Å². The standard InChI is InChI=1S/C24H27N3O4/c1-15-11-17(12-16(2)23(15)29)13-20-19-14-18(3-4-21(19)26-24(20)30)25-22(28)5-6-27-7-9-31-10-8-27/h3-4,11-14,29H,5-10H2,1-2H3,(H,25,28)(H,26,30)/b20-13+. The van der Waals surface area contributed by atoms with E-state index in [0.29, 0.717) is 37.4 Å². The number of aryl methyl sites for hydroxylation is 2. The number of morpholine rings is 1. The lowest BCUT2D eigenvalue weighted by Gasteiger charge is -2.26. The lowest BCUT2D eigenvalue weighted by Crippen LogP contribution is -2.38. The van der Waals surface area contributed by atoms with Gasteiger partial charge in [0.05, 0.1) is 13.2 Å². The van der Waals surface area contributed by atoms with Crippen LogP contribution in [0.25, 0.3) is 11.6 Å². The van der Waals surface area contributed by atoms with E-state index < -0.39 is 0 Å². The van der Waals surface area contributed by atoms with Crippen LogP contribution in [-0.2, 0) is 14.3 Å². The molecule has 2 aromatic carbocycles. The number of nitrogens with one attached hydrogen (secondary N) is 2. The Hall–Kier alpha value is -3.16. The highest BCUT2D eigenvalue weighted by Crippen LogP contribution is 2.36. The molecule has 7 nitrogen and oxygen atoms in total. The summed E-state index contributed by atoms with van der Waals surface area (Å²) >= 11 is 0. The number of anilines is 2. The normalized spacial score (nSPS) is 17.5. The van der Waals surface area contributed by atoms with Crippen molar-refractivity contribution in [3.8, 4) is 5.75 Å². The number of phenols is 1. The summed E-state index contributed by atoms with van der Waals surface area (Å²) in [6, 6.07) is 9.12. The van der Waals surface area contributed by atoms with E-state index in [1.165, 1.54) is 0 Å². The summed E-state index contributed by atoms with van der Waals surface area (Å²) in [5.74, 6) is 0.0220. The van der Waals surface area contributed by atoms with Crippen LogP contribution in [0.15, 0.2) is 30.3 Å². The minimum absolute atomic E-state index is 0.0564. The third-order valence-corrected chi connectivity index (χ3v) is 5.67. The number of carbonyl (C=O) groups excluding carboxylic acids is 2. The van der Waals surface area contributed by atoms with E-state index in [4.69, 9.17) is 4.74 Å². The summed E-state index contributed by atoms with van der Waals surface area (Å²) in [7, 11) is 0. The molecule has 162 valence electrons. The highest BCUT2D eigenvalue weighted by Gasteiger charge is 2.25. The Bertz CT molecular complexity index is 1030. The Morgan fingerprint density at radius 1 is 1.19 bits per heavy atom. The van der Waals surface area contributed by atoms with E-state index in [0.717, 1.165) is 41.0 Å². The number of aromatic hydroxyl groups is 1. The molecule has 0 aromatic heterocycles. The van der Waals surface area contributed by atoms with Crippen LogP contribution >= 0.6 is 0 Å². The third kappa shape index (κ3) is 4.78. The van der Waals surface area contributed by atoms with Crippen LogP contribution in [0.2, 0.25) is 0 Å². The number of benzene rings is 2. The summed E-state index contributed by atoms with van der Waals surface area (Å²) in [6.45, 7) is 7.49. The van der Waals surface area contributed by atoms with Crippen molar-refractivity contribution in [1.29, 1.82) is 0 Å². The van der Waals surface area contributed by atoms with E-state index in [9.17, 15) is 14.7 Å². The first-order valence-corrected chi connectivity index (χ1v) is 10.5. The fourth-order valence-corrected chi connectivity index (χ4v) is 3.96. The van der Waals surface area contributed by atoms with Crippen molar-refractivity contribution in [2.45, 2.75) is 20.3 Å². The molecule has 0 atom stereocenters. The molecule has 0 spiro atoms. The molecule has 0 radical (unpaired) electrons. The van der Waals surface area contributed by atoms with Gasteiger partial charge in [-0.15, -0.1) is 0 Å². The van der Waals surface area contributed by atoms with Crippen molar-refractivity contribution in [2.75, 3.05) is 43.5 Å². The maximum absolute atomic E-state index is 12.6. The van der Waals surface area contributed by atoms with E-state index in [2.05, 4.69) is 15.5 Å². The monoisotopic (exact) mass is 421 g/mol. The van der Waals surface area contributed by atoms with Gasteiger partial charge in [-0.25, -0.2) is 0 Å². The van der Waals surface area contributed by atoms with Gasteiger partial charge in [-0.2, -0.15) is 0 Å². The third-order valence-electron chi connectivity index (χ3n) is 5.67. The number of hydrogen-bond acceptors (Lipinski definition) is 5. The molecule has 31 heavy (non-hydrogen) atoms. The number of phenolic OH excluding ortho intramolecular Hbond substituents is 1. The summed E-state index contributed by atoms with van der Waals surface area (Å²) in [5, 5.41) is 15.8. The summed E-state index contributed by atoms with van der Waals surface area (Å²) in [6.07, 6.45) is 2.22. The molecule has 3 N–H and O–H groups in total. The minimum Gasteiger partial charge on any atom is -0.507 e. The van der Waals surface area contributed by atoms with Gasteiger partial charge in [-0.05, 0) is 66.9 Å². The number of fused-ring (bicyclic) bond motifs is 1. The highest BCUT2D eigenvalue weighted by molar-refractivity contribution is 6.35. The number of ether oxygens (including phenoxy) is 1. The van der Waals surface area contributed by atoms with Crippen molar-refractivity contribution in [1.82, 2.24) is 4.90 Å². The first-order chi connectivity index (χ1) is 14.9. The average molecular weight is 421 g/mol. The zero-order chi connectivity index (χ0) is 22.0. The van der Waals surface area contributed by atoms with Gasteiger partial charge in [0.15, 0.2) is 0 Å². The van der Waals surface area contributed by atoms with Crippen LogP contribution in [0.3, 0.4) is 0 Å². The second kappa shape index (κ2) is 8.91. The number of carbonyl (C=O) groups is 2. The Kier molecular flexibility index (Phi) is 6.06. The first-order valence-electron chi connectivity index (χ1n) is 10.5. The van der Waals surface area contributed by atoms with Gasteiger partial charge < -0.3 is 20.5 Å². The van der Waals surface area contributed by atoms with Gasteiger partial charge in [0.2, 0.25) is 5.91 Å². The summed E-state index contributed by atoms with van der Waals surface area (Å²) in [5.41, 5.74) is 5.01. The van der Waals surface area contributed by atoms with Gasteiger partial charge >= 0.3 is 0 Å². The van der Waals surface area contributed by atoms with Crippen LogP contribution in [0, 0.1) is 13.8 Å². The zero-order valence-corrected chi connectivity index (χ0v) is 17.8. The number of rotatable bonds is 5. The molecule has 2 heterocycles. The van der Waals surface area contributed by atoms with Gasteiger partial charge in [-0.1, -0.05) is 0 Å². The average Bonchev–Trinajstić information content (AvgIpc) is 3.06. The van der Waals surface area contributed by atoms with E-state index in [-0.39, 0.29) is 17.6 Å². The molecular weight excluding hydrogens is 394 g/mol. The topological polar surface area (TPSA) is 90.9 Å². The summed E-state index contributed by atoms with van der Waals surface area (Å²) < 4.78 is 5.33. The smallest absolute Gasteiger partial charge is 0.256 e. The minimum atomic E-state index is -0.186. The number of hydrogen-bond donors (Lipinski definition) is 3. The van der Waals surface area contributed by atoms with E-state index in [1.807, 2.05) is 38.1 Å². The molecule has 0 bridgehead atoms. The molecule has 7 heteroatoms. The molecule has 4 rings (SSSR count). The molecule has 0 saturated carbocycles. The SMILES string of the molecule is Cc1cc(/C=C2/C(=O)Nc3ccc(NC(=O)CCN4CCOCC4)cc32)cc(C)c1O. The maximum Gasteiger partial charge on any atom is 0.256 e. The van der Waals surface area contributed by atoms with Crippen LogP contribution in [0.4, 0.5) is 11.4 Å². The van der Waals surface area contributed by atoms with Gasteiger partial charge in [0, 0.05) is 48.6 Å². The van der Waals surface area contributed by atoms with Gasteiger partial charge in [-0.3, -0.25) is 14.5 Å². The Balaban J connectivity index is 1.50. The molecule has 0 unspecified atom stereocenters. The zero-order valence-electron chi connectivity index (χ0n) is 17.8. The van der Waals surface area contributed by atoms with Crippen molar-refractivity contribution in [3.63, 3.8) is 0 Å². The van der Waals surface area contributed by atoms with Crippen LogP contribution in [0.1, 0.15) is 28.7 Å². The predicted molar refractivity (Wildman–Crippen MR) is 121 cm³/mol. The number of nitrogens with zero attached hydrogens (tertiary/aromatic N) is 1. The largest absolute Gasteiger partial charge is 0.507 e. The fourth-order valence-electron chi connectivity index (χ4n) is 3.96. The lowest BCUT2D eigenvalue weighted by atomic mass is 10.0. The van der Waals surface area contributed by atoms with E-state index >= 15 is 0 Å². The first kappa shape index (κ1) is 21.1. The van der Waals surface area contributed by atoms with Crippen LogP contribution in [0.5, 0.6) is 5.75 Å². The Morgan fingerprint density at radius 2 is 1.90 bits per heavy atom. The summed E-state index contributed by atoms with van der Waals surface area (Å²) in [4.78, 5) is 27.2.